The van der Waals surface area contributed by atoms with Crippen LogP contribution in [-0.4, -0.2) is 5.78 Å². The summed E-state index contributed by atoms with van der Waals surface area (Å²) in [5.74, 6) is -0.973. The normalized spacial score (nSPS) is 11.5. The Hall–Kier alpha value is -1.69. The number of carbonyl (C=O) groups is 1. The van der Waals surface area contributed by atoms with Gasteiger partial charge in [-0.15, -0.1) is 0 Å². The molecule has 0 atom stereocenters. The first kappa shape index (κ1) is 15.7. The molecule has 0 aliphatic carbocycles. The first-order chi connectivity index (χ1) is 9.77. The van der Waals surface area contributed by atoms with E-state index in [1.54, 1.807) is 0 Å². The Labute approximate surface area is 126 Å². The highest BCUT2D eigenvalue weighted by molar-refractivity contribution is 9.10. The summed E-state index contributed by atoms with van der Waals surface area (Å²) in [6, 6.07) is 8.06. The second-order valence-corrected chi connectivity index (χ2v) is 5.33. The molecule has 110 valence electrons. The molecule has 0 unspecified atom stereocenters. The lowest BCUT2D eigenvalue weighted by Gasteiger charge is -2.08. The highest BCUT2D eigenvalue weighted by atomic mass is 79.9. The lowest BCUT2D eigenvalue weighted by molar-refractivity contribution is -0.137. The topological polar surface area (TPSA) is 17.1 Å². The third-order valence-electron chi connectivity index (χ3n) is 2.89. The third-order valence-corrected chi connectivity index (χ3v) is 3.39. The van der Waals surface area contributed by atoms with Gasteiger partial charge < -0.3 is 0 Å². The van der Waals surface area contributed by atoms with E-state index in [0.29, 0.717) is 4.47 Å². The van der Waals surface area contributed by atoms with Gasteiger partial charge in [0, 0.05) is 16.5 Å². The summed E-state index contributed by atoms with van der Waals surface area (Å²) in [7, 11) is 0. The maximum Gasteiger partial charge on any atom is 0.416 e. The Morgan fingerprint density at radius 3 is 2.24 bits per heavy atom. The van der Waals surface area contributed by atoms with Crippen LogP contribution in [-0.2, 0) is 12.6 Å². The van der Waals surface area contributed by atoms with Crippen molar-refractivity contribution in [2.45, 2.75) is 12.6 Å². The zero-order valence-corrected chi connectivity index (χ0v) is 12.1. The molecule has 0 N–H and O–H groups in total. The molecule has 1 nitrogen and oxygen atoms in total. The van der Waals surface area contributed by atoms with Crippen LogP contribution >= 0.6 is 15.9 Å². The summed E-state index contributed by atoms with van der Waals surface area (Å²) in [5, 5.41) is 0. The van der Waals surface area contributed by atoms with Crippen LogP contribution in [0.3, 0.4) is 0 Å². The summed E-state index contributed by atoms with van der Waals surface area (Å²) in [6.07, 6.45) is -4.66. The quantitative estimate of drug-likeness (QED) is 0.554. The minimum absolute atomic E-state index is 0.113. The van der Waals surface area contributed by atoms with Crippen molar-refractivity contribution in [2.75, 3.05) is 0 Å². The number of Topliss-reactive ketones (excluding diaryl/α,β-unsaturated/α-hetero) is 1. The molecule has 0 aromatic heterocycles. The average Bonchev–Trinajstić information content (AvgIpc) is 2.42. The number of halogens is 5. The van der Waals surface area contributed by atoms with E-state index in [2.05, 4.69) is 15.9 Å². The average molecular weight is 361 g/mol. The Morgan fingerprint density at radius 2 is 1.67 bits per heavy atom. The van der Waals surface area contributed by atoms with Gasteiger partial charge in [-0.3, -0.25) is 4.79 Å². The van der Waals surface area contributed by atoms with Crippen molar-refractivity contribution in [1.29, 1.82) is 0 Å². The summed E-state index contributed by atoms with van der Waals surface area (Å²) in [5.41, 5.74) is -0.524. The molecule has 0 saturated carbocycles. The van der Waals surface area contributed by atoms with Crippen LogP contribution in [0.1, 0.15) is 21.5 Å². The number of hydrogen-bond donors (Lipinski definition) is 0. The van der Waals surface area contributed by atoms with E-state index in [0.717, 1.165) is 24.3 Å². The summed E-state index contributed by atoms with van der Waals surface area (Å²) < 4.78 is 51.4. The third kappa shape index (κ3) is 3.91. The van der Waals surface area contributed by atoms with Crippen molar-refractivity contribution < 1.29 is 22.4 Å². The fraction of sp³-hybridized carbons (Fsp3) is 0.133. The number of rotatable bonds is 3. The fourth-order valence-corrected chi connectivity index (χ4v) is 2.21. The van der Waals surface area contributed by atoms with Crippen LogP contribution in [0.15, 0.2) is 46.9 Å². The van der Waals surface area contributed by atoms with Crippen LogP contribution in [0.2, 0.25) is 0 Å². The van der Waals surface area contributed by atoms with E-state index in [-0.39, 0.29) is 17.5 Å². The molecular formula is C15H9BrF4O. The van der Waals surface area contributed by atoms with Crippen molar-refractivity contribution in [3.8, 4) is 0 Å². The number of carbonyl (C=O) groups excluding carboxylic acids is 1. The molecular weight excluding hydrogens is 352 g/mol. The second kappa shape index (κ2) is 5.97. The van der Waals surface area contributed by atoms with Crippen molar-refractivity contribution in [2.24, 2.45) is 0 Å². The van der Waals surface area contributed by atoms with Gasteiger partial charge in [-0.2, -0.15) is 13.2 Å². The Bertz CT molecular complexity index is 662. The van der Waals surface area contributed by atoms with Gasteiger partial charge in [0.2, 0.25) is 0 Å². The molecule has 0 saturated heterocycles. The maximum atomic E-state index is 13.5. The number of alkyl halides is 3. The van der Waals surface area contributed by atoms with Gasteiger partial charge in [-0.05, 0) is 35.9 Å². The summed E-state index contributed by atoms with van der Waals surface area (Å²) in [4.78, 5) is 12.0. The fourth-order valence-electron chi connectivity index (χ4n) is 1.80. The van der Waals surface area contributed by atoms with Gasteiger partial charge in [0.1, 0.15) is 5.82 Å². The predicted octanol–water partition coefficient (Wildman–Crippen LogP) is 5.03. The van der Waals surface area contributed by atoms with E-state index in [4.69, 9.17) is 0 Å². The summed E-state index contributed by atoms with van der Waals surface area (Å²) in [6.45, 7) is 0. The van der Waals surface area contributed by atoms with Gasteiger partial charge in [-0.1, -0.05) is 28.1 Å². The zero-order chi connectivity index (χ0) is 15.6. The van der Waals surface area contributed by atoms with E-state index >= 15 is 0 Å². The zero-order valence-electron chi connectivity index (χ0n) is 10.5. The van der Waals surface area contributed by atoms with Crippen LogP contribution in [0, 0.1) is 5.82 Å². The highest BCUT2D eigenvalue weighted by Gasteiger charge is 2.30. The molecule has 0 radical (unpaired) electrons. The van der Waals surface area contributed by atoms with Gasteiger partial charge in [0.05, 0.1) is 5.56 Å². The maximum absolute atomic E-state index is 13.5. The van der Waals surface area contributed by atoms with Gasteiger partial charge in [0.25, 0.3) is 0 Å². The number of hydrogen-bond acceptors (Lipinski definition) is 1. The van der Waals surface area contributed by atoms with E-state index in [1.165, 1.54) is 18.2 Å². The molecule has 2 aromatic rings. The van der Waals surface area contributed by atoms with E-state index in [9.17, 15) is 22.4 Å². The Balaban J connectivity index is 2.19. The molecule has 0 fully saturated rings. The molecule has 0 amide bonds. The van der Waals surface area contributed by atoms with Gasteiger partial charge >= 0.3 is 6.18 Å². The van der Waals surface area contributed by atoms with Crippen LogP contribution in [0.25, 0.3) is 0 Å². The van der Waals surface area contributed by atoms with Crippen LogP contribution in [0.4, 0.5) is 17.6 Å². The molecule has 0 bridgehead atoms. The van der Waals surface area contributed by atoms with Crippen LogP contribution < -0.4 is 0 Å². The molecule has 21 heavy (non-hydrogen) atoms. The van der Waals surface area contributed by atoms with Crippen molar-refractivity contribution >= 4 is 21.7 Å². The number of benzene rings is 2. The Morgan fingerprint density at radius 1 is 1.05 bits per heavy atom. The standard InChI is InChI=1S/C15H9BrF4O/c16-12-5-6-13(17)10(7-12)8-14(21)9-1-3-11(4-2-9)15(18,19)20/h1-7H,8H2. The lowest BCUT2D eigenvalue weighted by atomic mass is 10.0. The SMILES string of the molecule is O=C(Cc1cc(Br)ccc1F)c1ccc(C(F)(F)F)cc1. The number of ketones is 1. The second-order valence-electron chi connectivity index (χ2n) is 4.41. The Kier molecular flexibility index (Phi) is 4.46. The molecule has 0 spiro atoms. The minimum Gasteiger partial charge on any atom is -0.294 e. The first-order valence-corrected chi connectivity index (χ1v) is 6.71. The predicted molar refractivity (Wildman–Crippen MR) is 73.6 cm³/mol. The first-order valence-electron chi connectivity index (χ1n) is 5.92. The van der Waals surface area contributed by atoms with Gasteiger partial charge in [0.15, 0.2) is 5.78 Å². The lowest BCUT2D eigenvalue weighted by Crippen LogP contribution is -2.08. The van der Waals surface area contributed by atoms with Crippen LogP contribution in [0.5, 0.6) is 0 Å². The molecule has 0 heterocycles. The van der Waals surface area contributed by atoms with Crippen molar-refractivity contribution in [3.05, 3.63) is 69.4 Å². The monoisotopic (exact) mass is 360 g/mol. The highest BCUT2D eigenvalue weighted by Crippen LogP contribution is 2.29. The molecule has 0 aliphatic heterocycles. The molecule has 2 aromatic carbocycles. The van der Waals surface area contributed by atoms with Gasteiger partial charge in [-0.25, -0.2) is 4.39 Å². The van der Waals surface area contributed by atoms with Crippen molar-refractivity contribution in [3.63, 3.8) is 0 Å². The molecule has 0 aliphatic rings. The minimum atomic E-state index is -4.45. The summed E-state index contributed by atoms with van der Waals surface area (Å²) >= 11 is 3.17. The van der Waals surface area contributed by atoms with E-state index in [1.807, 2.05) is 0 Å². The molecule has 2 rings (SSSR count). The molecule has 6 heteroatoms. The smallest absolute Gasteiger partial charge is 0.294 e. The van der Waals surface area contributed by atoms with E-state index < -0.39 is 23.3 Å². The van der Waals surface area contributed by atoms with Crippen molar-refractivity contribution in [1.82, 2.24) is 0 Å². The largest absolute Gasteiger partial charge is 0.416 e.